The van der Waals surface area contributed by atoms with E-state index in [1.54, 1.807) is 0 Å². The number of nitrogens with zero attached hydrogens (tertiary/aromatic N) is 3. The van der Waals surface area contributed by atoms with Gasteiger partial charge < -0.3 is 9.64 Å². The van der Waals surface area contributed by atoms with Gasteiger partial charge in [0.15, 0.2) is 0 Å². The van der Waals surface area contributed by atoms with Crippen LogP contribution in [0.2, 0.25) is 0 Å². The highest BCUT2D eigenvalue weighted by Crippen LogP contribution is 2.10. The minimum absolute atomic E-state index is 0.0646. The third kappa shape index (κ3) is 2.99. The molecule has 0 aliphatic heterocycles. The molecule has 0 spiro atoms. The maximum Gasteiger partial charge on any atom is 0.325 e. The molecular formula is C9H13N3O3S. The van der Waals surface area contributed by atoms with Crippen molar-refractivity contribution in [2.45, 2.75) is 19.9 Å². The number of methoxy groups -OCH3 is 1. The van der Waals surface area contributed by atoms with Gasteiger partial charge in [-0.3, -0.25) is 9.59 Å². The van der Waals surface area contributed by atoms with Crippen LogP contribution in [0.15, 0.2) is 6.20 Å². The first-order valence-electron chi connectivity index (χ1n) is 4.71. The Kier molecular flexibility index (Phi) is 4.36. The topological polar surface area (TPSA) is 72.4 Å². The summed E-state index contributed by atoms with van der Waals surface area (Å²) in [7, 11) is 1.29. The number of ether oxygens (including phenoxy) is 1. The van der Waals surface area contributed by atoms with Crippen LogP contribution in [-0.2, 0) is 9.53 Å². The van der Waals surface area contributed by atoms with Crippen LogP contribution >= 0.6 is 11.5 Å². The van der Waals surface area contributed by atoms with Crippen molar-refractivity contribution < 1.29 is 14.3 Å². The van der Waals surface area contributed by atoms with Crippen LogP contribution in [0.5, 0.6) is 0 Å². The fraction of sp³-hybridized carbons (Fsp3) is 0.556. The molecule has 6 nitrogen and oxygen atoms in total. The smallest absolute Gasteiger partial charge is 0.325 e. The number of amides is 1. The highest BCUT2D eigenvalue weighted by atomic mass is 32.1. The first kappa shape index (κ1) is 12.6. The first-order chi connectivity index (χ1) is 7.56. The van der Waals surface area contributed by atoms with Gasteiger partial charge in [0.25, 0.3) is 5.91 Å². The monoisotopic (exact) mass is 243 g/mol. The quantitative estimate of drug-likeness (QED) is 0.722. The molecule has 0 saturated heterocycles. The lowest BCUT2D eigenvalue weighted by Gasteiger charge is -2.24. The zero-order valence-electron chi connectivity index (χ0n) is 9.34. The average Bonchev–Trinajstić information content (AvgIpc) is 2.77. The molecule has 0 unspecified atom stereocenters. The molecule has 1 aromatic rings. The zero-order valence-corrected chi connectivity index (χ0v) is 10.2. The van der Waals surface area contributed by atoms with Gasteiger partial charge in [0.2, 0.25) is 0 Å². The number of esters is 1. The summed E-state index contributed by atoms with van der Waals surface area (Å²) < 4.78 is 8.15. The lowest BCUT2D eigenvalue weighted by atomic mass is 10.3. The molecule has 88 valence electrons. The van der Waals surface area contributed by atoms with Crippen LogP contribution in [0.3, 0.4) is 0 Å². The van der Waals surface area contributed by atoms with E-state index in [2.05, 4.69) is 14.3 Å². The predicted molar refractivity (Wildman–Crippen MR) is 58.1 cm³/mol. The normalized spacial score (nSPS) is 10.2. The van der Waals surface area contributed by atoms with E-state index >= 15 is 0 Å². The molecular weight excluding hydrogens is 230 g/mol. The molecule has 0 aliphatic carbocycles. The van der Waals surface area contributed by atoms with Crippen LogP contribution in [0, 0.1) is 0 Å². The fourth-order valence-corrected chi connectivity index (χ4v) is 1.57. The number of carbonyl (C=O) groups is 2. The van der Waals surface area contributed by atoms with Gasteiger partial charge >= 0.3 is 5.97 Å². The van der Waals surface area contributed by atoms with Crippen LogP contribution in [0.1, 0.15) is 23.5 Å². The lowest BCUT2D eigenvalue weighted by Crippen LogP contribution is -2.40. The molecule has 7 heteroatoms. The highest BCUT2D eigenvalue weighted by molar-refractivity contribution is 7.07. The summed E-state index contributed by atoms with van der Waals surface area (Å²) in [6.45, 7) is 3.59. The molecule has 0 bridgehead atoms. The third-order valence-corrected chi connectivity index (χ3v) is 2.64. The Morgan fingerprint density at radius 3 is 2.69 bits per heavy atom. The van der Waals surface area contributed by atoms with E-state index in [-0.39, 0.29) is 18.5 Å². The van der Waals surface area contributed by atoms with Gasteiger partial charge in [0.05, 0.1) is 13.3 Å². The maximum absolute atomic E-state index is 11.9. The van der Waals surface area contributed by atoms with Crippen LogP contribution in [0.25, 0.3) is 0 Å². The Hall–Kier alpha value is -1.50. The van der Waals surface area contributed by atoms with E-state index in [0.29, 0.717) is 4.88 Å². The summed E-state index contributed by atoms with van der Waals surface area (Å²) in [5.41, 5.74) is 0. The van der Waals surface area contributed by atoms with Gasteiger partial charge in [-0.05, 0) is 25.4 Å². The summed E-state index contributed by atoms with van der Waals surface area (Å²) in [5.74, 6) is -0.699. The van der Waals surface area contributed by atoms with Gasteiger partial charge in [0, 0.05) is 6.04 Å². The van der Waals surface area contributed by atoms with E-state index in [4.69, 9.17) is 0 Å². The van der Waals surface area contributed by atoms with Gasteiger partial charge in [-0.25, -0.2) is 0 Å². The molecule has 0 saturated carbocycles. The Morgan fingerprint density at radius 1 is 1.56 bits per heavy atom. The molecule has 0 N–H and O–H groups in total. The minimum Gasteiger partial charge on any atom is -0.468 e. The van der Waals surface area contributed by atoms with Crippen molar-refractivity contribution in [2.75, 3.05) is 13.7 Å². The first-order valence-corrected chi connectivity index (χ1v) is 5.48. The Bertz CT molecular complexity index is 364. The van der Waals surface area contributed by atoms with E-state index in [9.17, 15) is 9.59 Å². The number of carbonyl (C=O) groups excluding carboxylic acids is 2. The Labute approximate surface area is 97.4 Å². The van der Waals surface area contributed by atoms with Crippen molar-refractivity contribution in [2.24, 2.45) is 0 Å². The summed E-state index contributed by atoms with van der Waals surface area (Å²) in [6.07, 6.45) is 1.39. The van der Waals surface area contributed by atoms with E-state index < -0.39 is 5.97 Å². The number of hydrogen-bond acceptors (Lipinski definition) is 6. The summed E-state index contributed by atoms with van der Waals surface area (Å²) >= 11 is 1.01. The van der Waals surface area contributed by atoms with Gasteiger partial charge in [-0.2, -0.15) is 0 Å². The molecule has 1 rings (SSSR count). The number of hydrogen-bond donors (Lipinski definition) is 0. The molecule has 1 aromatic heterocycles. The van der Waals surface area contributed by atoms with Crippen molar-refractivity contribution in [3.63, 3.8) is 0 Å². The fourth-order valence-electron chi connectivity index (χ4n) is 1.10. The van der Waals surface area contributed by atoms with Crippen molar-refractivity contribution in [1.82, 2.24) is 14.5 Å². The van der Waals surface area contributed by atoms with Crippen LogP contribution in [0.4, 0.5) is 0 Å². The standard InChI is InChI=1S/C9H13N3O3S/c1-6(2)12(5-8(13)15-3)9(14)7-4-10-11-16-7/h4,6H,5H2,1-3H3. The second kappa shape index (κ2) is 5.55. The van der Waals surface area contributed by atoms with Gasteiger partial charge in [-0.1, -0.05) is 4.49 Å². The minimum atomic E-state index is -0.445. The summed E-state index contributed by atoms with van der Waals surface area (Å²) in [6, 6.07) is -0.0892. The Balaban J connectivity index is 2.78. The molecule has 0 fully saturated rings. The van der Waals surface area contributed by atoms with Crippen LogP contribution < -0.4 is 0 Å². The van der Waals surface area contributed by atoms with Gasteiger partial charge in [0.1, 0.15) is 11.4 Å². The second-order valence-corrected chi connectivity index (χ2v) is 4.17. The summed E-state index contributed by atoms with van der Waals surface area (Å²) in [5, 5.41) is 3.59. The molecule has 0 aromatic carbocycles. The highest BCUT2D eigenvalue weighted by Gasteiger charge is 2.23. The molecule has 0 aliphatic rings. The SMILES string of the molecule is COC(=O)CN(C(=O)c1cnns1)C(C)C. The number of aromatic nitrogens is 2. The van der Waals surface area contributed by atoms with Gasteiger partial charge in [-0.15, -0.1) is 5.10 Å². The van der Waals surface area contributed by atoms with Crippen molar-refractivity contribution in [1.29, 1.82) is 0 Å². The van der Waals surface area contributed by atoms with E-state index in [1.807, 2.05) is 13.8 Å². The van der Waals surface area contributed by atoms with Crippen molar-refractivity contribution in [3.8, 4) is 0 Å². The Morgan fingerprint density at radius 2 is 2.25 bits per heavy atom. The van der Waals surface area contributed by atoms with E-state index in [0.717, 1.165) is 11.5 Å². The number of rotatable bonds is 4. The maximum atomic E-state index is 11.9. The third-order valence-electron chi connectivity index (χ3n) is 1.98. The van der Waals surface area contributed by atoms with E-state index in [1.165, 1.54) is 18.2 Å². The molecule has 0 atom stereocenters. The molecule has 16 heavy (non-hydrogen) atoms. The second-order valence-electron chi connectivity index (χ2n) is 3.38. The van der Waals surface area contributed by atoms with Crippen molar-refractivity contribution >= 4 is 23.4 Å². The van der Waals surface area contributed by atoms with Crippen LogP contribution in [-0.4, -0.2) is 46.1 Å². The molecule has 0 radical (unpaired) electrons. The van der Waals surface area contributed by atoms with Crippen molar-refractivity contribution in [3.05, 3.63) is 11.1 Å². The molecule has 1 amide bonds. The average molecular weight is 243 g/mol. The largest absolute Gasteiger partial charge is 0.468 e. The lowest BCUT2D eigenvalue weighted by molar-refractivity contribution is -0.141. The zero-order chi connectivity index (χ0) is 12.1. The summed E-state index contributed by atoms with van der Waals surface area (Å²) in [4.78, 5) is 24.9. The predicted octanol–water partition coefficient (Wildman–Crippen LogP) is 0.562. The molecule has 1 heterocycles.